The van der Waals surface area contributed by atoms with E-state index in [1.807, 2.05) is 36.4 Å². The van der Waals surface area contributed by atoms with E-state index >= 15 is 0 Å². The first kappa shape index (κ1) is 19.1. The number of likely N-dealkylation sites (N-methyl/N-ethyl adjacent to an activating group) is 1. The topological polar surface area (TPSA) is 71.9 Å². The molecule has 1 aromatic heterocycles. The van der Waals surface area contributed by atoms with Gasteiger partial charge in [0, 0.05) is 28.5 Å². The number of pyridine rings is 1. The summed E-state index contributed by atoms with van der Waals surface area (Å²) in [6.45, 7) is 4.35. The second kappa shape index (κ2) is 7.41. The fraction of sp³-hybridized carbons (Fsp3) is 0.217. The van der Waals surface area contributed by atoms with E-state index in [4.69, 9.17) is 14.5 Å². The van der Waals surface area contributed by atoms with Crippen molar-refractivity contribution in [2.24, 2.45) is 0 Å². The number of nitrogens with zero attached hydrogens (tertiary/aromatic N) is 2. The van der Waals surface area contributed by atoms with Crippen LogP contribution in [0.15, 0.2) is 40.9 Å². The molecule has 30 heavy (non-hydrogen) atoms. The van der Waals surface area contributed by atoms with Crippen LogP contribution in [0.4, 0.5) is 0 Å². The summed E-state index contributed by atoms with van der Waals surface area (Å²) in [5.74, 6) is 0.484. The summed E-state index contributed by atoms with van der Waals surface area (Å²) in [5, 5.41) is 10.7. The van der Waals surface area contributed by atoms with Crippen molar-refractivity contribution >= 4 is 44.5 Å². The van der Waals surface area contributed by atoms with E-state index in [0.29, 0.717) is 41.1 Å². The zero-order valence-corrected chi connectivity index (χ0v) is 17.9. The predicted molar refractivity (Wildman–Crippen MR) is 118 cm³/mol. The molecule has 2 aliphatic heterocycles. The summed E-state index contributed by atoms with van der Waals surface area (Å²) < 4.78 is 11.9. The van der Waals surface area contributed by atoms with E-state index in [2.05, 4.69) is 33.8 Å². The number of fused-ring (bicyclic) bond motifs is 3. The normalized spacial score (nSPS) is 16.8. The highest BCUT2D eigenvalue weighted by molar-refractivity contribution is 9.10. The molecule has 0 saturated heterocycles. The Labute approximate surface area is 181 Å². The van der Waals surface area contributed by atoms with Crippen molar-refractivity contribution in [3.63, 3.8) is 0 Å². The summed E-state index contributed by atoms with van der Waals surface area (Å²) in [4.78, 5) is 19.3. The minimum absolute atomic E-state index is 0.212. The monoisotopic (exact) mass is 466 g/mol. The summed E-state index contributed by atoms with van der Waals surface area (Å²) in [6.07, 6.45) is 2.06. The predicted octanol–water partition coefficient (Wildman–Crippen LogP) is 4.80. The molecule has 7 heteroatoms. The molecular weight excluding hydrogens is 448 g/mol. The Morgan fingerprint density at radius 1 is 1.23 bits per heavy atom. The second-order valence-electron chi connectivity index (χ2n) is 7.34. The lowest BCUT2D eigenvalue weighted by Gasteiger charge is -2.30. The molecule has 3 aromatic rings. The van der Waals surface area contributed by atoms with Gasteiger partial charge in [0.25, 0.3) is 0 Å². The van der Waals surface area contributed by atoms with Crippen LogP contribution >= 0.6 is 15.9 Å². The number of ether oxygens (including phenoxy) is 2. The number of benzene rings is 2. The molecule has 0 atom stereocenters. The number of carbonyl (C=O) groups is 1. The van der Waals surface area contributed by atoms with Crippen LogP contribution in [0.25, 0.3) is 22.6 Å². The molecular formula is C23H19BrN2O4. The smallest absolute Gasteiger partial charge is 0.336 e. The molecule has 3 heterocycles. The number of hydrogen-bond donors (Lipinski definition) is 1. The average molecular weight is 467 g/mol. The Bertz CT molecular complexity index is 1220. The van der Waals surface area contributed by atoms with Gasteiger partial charge in [-0.15, -0.1) is 0 Å². The van der Waals surface area contributed by atoms with Gasteiger partial charge >= 0.3 is 5.97 Å². The van der Waals surface area contributed by atoms with E-state index in [1.165, 1.54) is 0 Å². The van der Waals surface area contributed by atoms with Crippen molar-refractivity contribution in [3.8, 4) is 11.5 Å². The Hall–Kier alpha value is -2.90. The molecule has 0 radical (unpaired) electrons. The summed E-state index contributed by atoms with van der Waals surface area (Å²) in [5.41, 5.74) is 4.45. The Morgan fingerprint density at radius 2 is 2.00 bits per heavy atom. The van der Waals surface area contributed by atoms with Gasteiger partial charge in [-0.1, -0.05) is 41.1 Å². The number of hydrogen-bond acceptors (Lipinski definition) is 5. The summed E-state index contributed by atoms with van der Waals surface area (Å²) in [7, 11) is 0. The van der Waals surface area contributed by atoms with E-state index in [9.17, 15) is 9.90 Å². The molecule has 0 amide bonds. The molecule has 0 fully saturated rings. The zero-order valence-electron chi connectivity index (χ0n) is 16.3. The first-order valence-corrected chi connectivity index (χ1v) is 10.5. The average Bonchev–Trinajstić information content (AvgIpc) is 3.19. The number of carboxylic acid groups (broad SMARTS) is 1. The Balaban J connectivity index is 1.74. The fourth-order valence-electron chi connectivity index (χ4n) is 4.08. The van der Waals surface area contributed by atoms with Crippen LogP contribution in [-0.2, 0) is 6.54 Å². The molecule has 0 saturated carbocycles. The highest BCUT2D eigenvalue weighted by atomic mass is 79.9. The molecule has 1 N–H and O–H groups in total. The van der Waals surface area contributed by atoms with Gasteiger partial charge in [0.1, 0.15) is 0 Å². The number of aromatic nitrogens is 1. The maximum atomic E-state index is 12.2. The van der Waals surface area contributed by atoms with Gasteiger partial charge in [0.05, 0.1) is 16.8 Å². The first-order valence-electron chi connectivity index (χ1n) is 9.72. The van der Waals surface area contributed by atoms with Crippen LogP contribution in [0.2, 0.25) is 0 Å². The molecule has 6 nitrogen and oxygen atoms in total. The Kier molecular flexibility index (Phi) is 4.72. The van der Waals surface area contributed by atoms with Gasteiger partial charge in [-0.25, -0.2) is 9.78 Å². The Morgan fingerprint density at radius 3 is 2.77 bits per heavy atom. The molecule has 0 bridgehead atoms. The van der Waals surface area contributed by atoms with E-state index in [-0.39, 0.29) is 6.79 Å². The maximum absolute atomic E-state index is 12.2. The van der Waals surface area contributed by atoms with Crippen LogP contribution < -0.4 is 9.47 Å². The van der Waals surface area contributed by atoms with Crippen LogP contribution in [0, 0.1) is 0 Å². The number of carboxylic acids is 1. The van der Waals surface area contributed by atoms with Gasteiger partial charge in [0.2, 0.25) is 6.79 Å². The standard InChI is InChI=1S/C23H19BrN2O4/c1-2-26-10-14(7-13-8-19-20(9-17(13)24)30-12-29-19)22-16(11-26)21(23(27)28)15-5-3-4-6-18(15)25-22/h3-9H,2,10-12H2,1H3,(H,27,28)/b14-7-. The van der Waals surface area contributed by atoms with Gasteiger partial charge in [-0.3, -0.25) is 4.90 Å². The molecule has 152 valence electrons. The van der Waals surface area contributed by atoms with Gasteiger partial charge in [0.15, 0.2) is 11.5 Å². The third-order valence-corrected chi connectivity index (χ3v) is 6.24. The van der Waals surface area contributed by atoms with Crippen LogP contribution in [0.3, 0.4) is 0 Å². The van der Waals surface area contributed by atoms with Crippen LogP contribution in [0.1, 0.15) is 34.1 Å². The number of rotatable bonds is 3. The van der Waals surface area contributed by atoms with Gasteiger partial charge in [-0.2, -0.15) is 0 Å². The SMILES string of the molecule is CCN1C/C(=C/c2cc3c(cc2Br)OCO3)c2nc3ccccc3c(C(=O)O)c2C1. The quantitative estimate of drug-likeness (QED) is 0.597. The van der Waals surface area contributed by atoms with Crippen molar-refractivity contribution in [2.45, 2.75) is 13.5 Å². The molecule has 5 rings (SSSR count). The summed E-state index contributed by atoms with van der Waals surface area (Å²) >= 11 is 3.62. The highest BCUT2D eigenvalue weighted by Crippen LogP contribution is 2.39. The number of para-hydroxylation sites is 1. The minimum Gasteiger partial charge on any atom is -0.478 e. The van der Waals surface area contributed by atoms with E-state index < -0.39 is 5.97 Å². The third-order valence-electron chi connectivity index (χ3n) is 5.56. The van der Waals surface area contributed by atoms with Gasteiger partial charge in [-0.05, 0) is 42.0 Å². The second-order valence-corrected chi connectivity index (χ2v) is 8.19. The lowest BCUT2D eigenvalue weighted by atomic mass is 9.92. The van der Waals surface area contributed by atoms with Crippen molar-refractivity contribution in [2.75, 3.05) is 19.9 Å². The van der Waals surface area contributed by atoms with Gasteiger partial charge < -0.3 is 14.6 Å². The lowest BCUT2D eigenvalue weighted by Crippen LogP contribution is -2.31. The van der Waals surface area contributed by atoms with E-state index in [0.717, 1.165) is 33.4 Å². The largest absolute Gasteiger partial charge is 0.478 e. The van der Waals surface area contributed by atoms with Crippen LogP contribution in [-0.4, -0.2) is 40.8 Å². The number of halogens is 1. The molecule has 2 aliphatic rings. The van der Waals surface area contributed by atoms with Crippen molar-refractivity contribution in [3.05, 3.63) is 63.3 Å². The number of aromatic carboxylic acids is 1. The fourth-order valence-corrected chi connectivity index (χ4v) is 4.52. The lowest BCUT2D eigenvalue weighted by molar-refractivity contribution is 0.0696. The zero-order chi connectivity index (χ0) is 20.8. The van der Waals surface area contributed by atoms with E-state index in [1.54, 1.807) is 0 Å². The molecule has 0 aliphatic carbocycles. The molecule has 2 aromatic carbocycles. The minimum atomic E-state index is -0.925. The van der Waals surface area contributed by atoms with Crippen molar-refractivity contribution in [1.29, 1.82) is 0 Å². The molecule has 0 spiro atoms. The summed E-state index contributed by atoms with van der Waals surface area (Å²) in [6, 6.07) is 11.3. The van der Waals surface area contributed by atoms with Crippen molar-refractivity contribution < 1.29 is 19.4 Å². The van der Waals surface area contributed by atoms with Crippen LogP contribution in [0.5, 0.6) is 11.5 Å². The molecule has 0 unspecified atom stereocenters. The van der Waals surface area contributed by atoms with Crippen molar-refractivity contribution in [1.82, 2.24) is 9.88 Å². The third kappa shape index (κ3) is 3.14. The first-order chi connectivity index (χ1) is 14.5. The highest BCUT2D eigenvalue weighted by Gasteiger charge is 2.28. The maximum Gasteiger partial charge on any atom is 0.336 e.